The number of halogens is 1. The minimum atomic E-state index is -0.0702. The molecule has 1 atom stereocenters. The summed E-state index contributed by atoms with van der Waals surface area (Å²) in [6.07, 6.45) is 0.402. The third-order valence-electron chi connectivity index (χ3n) is 4.15. The molecule has 0 amide bonds. The second-order valence-electron chi connectivity index (χ2n) is 6.11. The summed E-state index contributed by atoms with van der Waals surface area (Å²) in [5, 5.41) is 3.50. The summed E-state index contributed by atoms with van der Waals surface area (Å²) in [7, 11) is 0. The molecule has 0 aliphatic rings. The zero-order chi connectivity index (χ0) is 17.6. The highest BCUT2D eigenvalue weighted by Gasteiger charge is 2.17. The summed E-state index contributed by atoms with van der Waals surface area (Å²) in [4.78, 5) is 12.7. The fraction of sp³-hybridized carbons (Fsp3) is 0.136. The van der Waals surface area contributed by atoms with Crippen LogP contribution in [0.5, 0.6) is 0 Å². The van der Waals surface area contributed by atoms with Gasteiger partial charge in [-0.25, -0.2) is 0 Å². The van der Waals surface area contributed by atoms with Gasteiger partial charge in [-0.3, -0.25) is 4.79 Å². The number of benzene rings is 3. The number of para-hydroxylation sites is 1. The Bertz CT molecular complexity index is 826. The van der Waals surface area contributed by atoms with Gasteiger partial charge in [-0.15, -0.1) is 0 Å². The van der Waals surface area contributed by atoms with E-state index >= 15 is 0 Å². The maximum atomic E-state index is 12.7. The SMILES string of the molecule is Cc1ccc(C(CC(=O)c2ccc(Br)cc2)Nc2ccccc2)cc1. The molecule has 1 unspecified atom stereocenters. The van der Waals surface area contributed by atoms with Crippen molar-refractivity contribution in [2.45, 2.75) is 19.4 Å². The van der Waals surface area contributed by atoms with Crippen LogP contribution in [0.2, 0.25) is 0 Å². The van der Waals surface area contributed by atoms with Crippen molar-refractivity contribution in [1.82, 2.24) is 0 Å². The highest BCUT2D eigenvalue weighted by molar-refractivity contribution is 9.10. The molecule has 0 fully saturated rings. The van der Waals surface area contributed by atoms with Crippen molar-refractivity contribution in [2.75, 3.05) is 5.32 Å². The number of Topliss-reactive ketones (excluding diaryl/α,β-unsaturated/α-hetero) is 1. The Balaban J connectivity index is 1.83. The maximum Gasteiger partial charge on any atom is 0.165 e. The van der Waals surface area contributed by atoms with Crippen LogP contribution in [0.1, 0.15) is 33.9 Å². The number of carbonyl (C=O) groups excluding carboxylic acids is 1. The molecule has 25 heavy (non-hydrogen) atoms. The molecule has 3 aromatic rings. The zero-order valence-corrected chi connectivity index (χ0v) is 15.7. The van der Waals surface area contributed by atoms with Gasteiger partial charge in [0.2, 0.25) is 0 Å². The molecule has 3 aromatic carbocycles. The molecule has 0 heterocycles. The first-order chi connectivity index (χ1) is 12.1. The van der Waals surface area contributed by atoms with Gasteiger partial charge in [-0.05, 0) is 36.8 Å². The predicted octanol–water partition coefficient (Wildman–Crippen LogP) is 6.18. The first-order valence-corrected chi connectivity index (χ1v) is 9.08. The fourth-order valence-corrected chi connectivity index (χ4v) is 2.99. The summed E-state index contributed by atoms with van der Waals surface area (Å²) in [5.41, 5.74) is 4.06. The topological polar surface area (TPSA) is 29.1 Å². The van der Waals surface area contributed by atoms with Crippen molar-refractivity contribution in [3.63, 3.8) is 0 Å². The molecule has 3 rings (SSSR count). The molecule has 3 heteroatoms. The second-order valence-corrected chi connectivity index (χ2v) is 7.02. The zero-order valence-electron chi connectivity index (χ0n) is 14.1. The first-order valence-electron chi connectivity index (χ1n) is 8.29. The molecule has 0 aliphatic heterocycles. The summed E-state index contributed by atoms with van der Waals surface area (Å²) in [6, 6.07) is 25.8. The summed E-state index contributed by atoms with van der Waals surface area (Å²) >= 11 is 3.41. The number of carbonyl (C=O) groups is 1. The Hall–Kier alpha value is -2.39. The monoisotopic (exact) mass is 393 g/mol. The summed E-state index contributed by atoms with van der Waals surface area (Å²) < 4.78 is 0.974. The largest absolute Gasteiger partial charge is 0.378 e. The minimum Gasteiger partial charge on any atom is -0.378 e. The van der Waals surface area contributed by atoms with Gasteiger partial charge >= 0.3 is 0 Å². The highest BCUT2D eigenvalue weighted by Crippen LogP contribution is 2.25. The van der Waals surface area contributed by atoms with Crippen LogP contribution in [0.15, 0.2) is 83.3 Å². The number of rotatable bonds is 6. The fourth-order valence-electron chi connectivity index (χ4n) is 2.73. The Labute approximate surface area is 157 Å². The standard InChI is InChI=1S/C22H20BrNO/c1-16-7-9-17(10-8-16)21(24-20-5-3-2-4-6-20)15-22(25)18-11-13-19(23)14-12-18/h2-14,21,24H,15H2,1H3. The van der Waals surface area contributed by atoms with E-state index in [0.29, 0.717) is 6.42 Å². The third kappa shape index (κ3) is 4.80. The van der Waals surface area contributed by atoms with E-state index in [2.05, 4.69) is 52.4 Å². The summed E-state index contributed by atoms with van der Waals surface area (Å²) in [5.74, 6) is 0.126. The van der Waals surface area contributed by atoms with Gasteiger partial charge in [0.25, 0.3) is 0 Å². The highest BCUT2D eigenvalue weighted by atomic mass is 79.9. The lowest BCUT2D eigenvalue weighted by Gasteiger charge is -2.20. The van der Waals surface area contributed by atoms with E-state index < -0.39 is 0 Å². The number of hydrogen-bond donors (Lipinski definition) is 1. The Morgan fingerprint density at radius 2 is 1.56 bits per heavy atom. The van der Waals surface area contributed by atoms with Gasteiger partial charge < -0.3 is 5.32 Å². The van der Waals surface area contributed by atoms with Crippen LogP contribution in [0.4, 0.5) is 5.69 Å². The van der Waals surface area contributed by atoms with Crippen LogP contribution in [0, 0.1) is 6.92 Å². The number of ketones is 1. The Morgan fingerprint density at radius 3 is 2.20 bits per heavy atom. The van der Waals surface area contributed by atoms with E-state index in [1.165, 1.54) is 5.56 Å². The van der Waals surface area contributed by atoms with Crippen molar-refractivity contribution in [3.05, 3.63) is 100 Å². The van der Waals surface area contributed by atoms with E-state index in [1.54, 1.807) is 0 Å². The lowest BCUT2D eigenvalue weighted by atomic mass is 9.97. The van der Waals surface area contributed by atoms with E-state index in [9.17, 15) is 4.79 Å². The number of aryl methyl sites for hydroxylation is 1. The molecule has 126 valence electrons. The molecular weight excluding hydrogens is 374 g/mol. The van der Waals surface area contributed by atoms with Crippen molar-refractivity contribution >= 4 is 27.4 Å². The molecule has 2 nitrogen and oxygen atoms in total. The van der Waals surface area contributed by atoms with Gasteiger partial charge in [-0.1, -0.05) is 76.1 Å². The average molecular weight is 394 g/mol. The smallest absolute Gasteiger partial charge is 0.165 e. The molecule has 0 radical (unpaired) electrons. The molecule has 0 bridgehead atoms. The first kappa shape index (κ1) is 17.4. The van der Waals surface area contributed by atoms with Crippen LogP contribution >= 0.6 is 15.9 Å². The summed E-state index contributed by atoms with van der Waals surface area (Å²) in [6.45, 7) is 2.07. The van der Waals surface area contributed by atoms with E-state index in [-0.39, 0.29) is 11.8 Å². The second kappa shape index (κ2) is 8.13. The van der Waals surface area contributed by atoms with Crippen LogP contribution in [0.3, 0.4) is 0 Å². The molecule has 0 saturated heterocycles. The Kier molecular flexibility index (Phi) is 5.67. The third-order valence-corrected chi connectivity index (χ3v) is 4.68. The van der Waals surface area contributed by atoms with Crippen LogP contribution < -0.4 is 5.32 Å². The van der Waals surface area contributed by atoms with Crippen LogP contribution in [-0.2, 0) is 0 Å². The molecule has 0 aliphatic carbocycles. The molecule has 0 spiro atoms. The van der Waals surface area contributed by atoms with E-state index in [4.69, 9.17) is 0 Å². The molecular formula is C22H20BrNO. The van der Waals surface area contributed by atoms with Gasteiger partial charge in [0.15, 0.2) is 5.78 Å². The lowest BCUT2D eigenvalue weighted by Crippen LogP contribution is -2.15. The van der Waals surface area contributed by atoms with Gasteiger partial charge in [0, 0.05) is 22.1 Å². The number of nitrogens with one attached hydrogen (secondary N) is 1. The van der Waals surface area contributed by atoms with Crippen molar-refractivity contribution in [1.29, 1.82) is 0 Å². The normalized spacial score (nSPS) is 11.8. The lowest BCUT2D eigenvalue weighted by molar-refractivity contribution is 0.0976. The van der Waals surface area contributed by atoms with Gasteiger partial charge in [0.1, 0.15) is 0 Å². The maximum absolute atomic E-state index is 12.7. The van der Waals surface area contributed by atoms with Crippen molar-refractivity contribution < 1.29 is 4.79 Å². The average Bonchev–Trinajstić information content (AvgIpc) is 2.63. The van der Waals surface area contributed by atoms with Crippen molar-refractivity contribution in [3.8, 4) is 0 Å². The minimum absolute atomic E-state index is 0.0702. The number of hydrogen-bond acceptors (Lipinski definition) is 2. The van der Waals surface area contributed by atoms with E-state index in [1.807, 2.05) is 54.6 Å². The quantitative estimate of drug-likeness (QED) is 0.506. The predicted molar refractivity (Wildman–Crippen MR) is 107 cm³/mol. The van der Waals surface area contributed by atoms with E-state index in [0.717, 1.165) is 21.3 Å². The van der Waals surface area contributed by atoms with Gasteiger partial charge in [0.05, 0.1) is 6.04 Å². The van der Waals surface area contributed by atoms with Crippen LogP contribution in [-0.4, -0.2) is 5.78 Å². The van der Waals surface area contributed by atoms with Crippen LogP contribution in [0.25, 0.3) is 0 Å². The molecule has 0 saturated carbocycles. The number of anilines is 1. The molecule has 0 aromatic heterocycles. The molecule has 1 N–H and O–H groups in total. The van der Waals surface area contributed by atoms with Crippen molar-refractivity contribution in [2.24, 2.45) is 0 Å². The van der Waals surface area contributed by atoms with Gasteiger partial charge in [-0.2, -0.15) is 0 Å². The Morgan fingerprint density at radius 1 is 0.920 bits per heavy atom.